The van der Waals surface area contributed by atoms with Crippen molar-refractivity contribution in [3.05, 3.63) is 35.4 Å². The summed E-state index contributed by atoms with van der Waals surface area (Å²) >= 11 is 0. The monoisotopic (exact) mass is 302 g/mol. The van der Waals surface area contributed by atoms with Gasteiger partial charge in [0.25, 0.3) is 0 Å². The fourth-order valence-electron chi connectivity index (χ4n) is 3.05. The second kappa shape index (κ2) is 5.10. The van der Waals surface area contributed by atoms with Gasteiger partial charge in [-0.25, -0.2) is 4.79 Å². The third-order valence-corrected chi connectivity index (χ3v) is 5.23. The molecule has 4 nitrogen and oxygen atoms in total. The number of hydrogen-bond acceptors (Lipinski definition) is 4. The zero-order chi connectivity index (χ0) is 16.1. The normalized spacial score (nSPS) is 28.5. The predicted molar refractivity (Wildman–Crippen MR) is 85.0 cm³/mol. The van der Waals surface area contributed by atoms with Crippen molar-refractivity contribution < 1.29 is 18.8 Å². The lowest BCUT2D eigenvalue weighted by molar-refractivity contribution is 0.00578. The Morgan fingerprint density at radius 1 is 1.18 bits per heavy atom. The molecule has 5 heteroatoms. The summed E-state index contributed by atoms with van der Waals surface area (Å²) in [5, 5.41) is 0. The van der Waals surface area contributed by atoms with Crippen molar-refractivity contribution in [2.24, 2.45) is 0 Å². The van der Waals surface area contributed by atoms with Crippen molar-refractivity contribution in [2.75, 3.05) is 7.11 Å². The zero-order valence-electron chi connectivity index (χ0n) is 13.9. The lowest BCUT2D eigenvalue weighted by Gasteiger charge is -2.32. The van der Waals surface area contributed by atoms with Crippen LogP contribution in [0.5, 0.6) is 0 Å². The molecule has 2 fully saturated rings. The largest absolute Gasteiger partial charge is 0.465 e. The van der Waals surface area contributed by atoms with E-state index in [9.17, 15) is 4.79 Å². The van der Waals surface area contributed by atoms with Crippen LogP contribution in [0.4, 0.5) is 0 Å². The topological polar surface area (TPSA) is 44.8 Å². The molecule has 1 aliphatic heterocycles. The van der Waals surface area contributed by atoms with Crippen LogP contribution in [0.15, 0.2) is 24.3 Å². The molecule has 1 saturated heterocycles. The van der Waals surface area contributed by atoms with E-state index in [4.69, 9.17) is 14.0 Å². The Bertz CT molecular complexity index is 580. The summed E-state index contributed by atoms with van der Waals surface area (Å²) < 4.78 is 17.1. The van der Waals surface area contributed by atoms with E-state index in [2.05, 4.69) is 27.7 Å². The first-order valence-corrected chi connectivity index (χ1v) is 7.80. The lowest BCUT2D eigenvalue weighted by Crippen LogP contribution is -2.41. The quantitative estimate of drug-likeness (QED) is 0.634. The molecule has 0 N–H and O–H groups in total. The van der Waals surface area contributed by atoms with E-state index in [-0.39, 0.29) is 24.3 Å². The number of ether oxygens (including phenoxy) is 1. The molecule has 3 rings (SSSR count). The fraction of sp³-hybridized carbons (Fsp3) is 0.588. The molecule has 0 aromatic heterocycles. The van der Waals surface area contributed by atoms with Crippen molar-refractivity contribution in [3.63, 3.8) is 0 Å². The Kier molecular flexibility index (Phi) is 3.61. The molecular formula is C17H23BO4. The van der Waals surface area contributed by atoms with Crippen molar-refractivity contribution in [1.82, 2.24) is 0 Å². The van der Waals surface area contributed by atoms with E-state index < -0.39 is 0 Å². The highest BCUT2D eigenvalue weighted by Gasteiger charge is 2.60. The first-order valence-electron chi connectivity index (χ1n) is 7.80. The fourth-order valence-corrected chi connectivity index (χ4v) is 3.05. The SMILES string of the molecule is COC(=O)c1ccccc1[C@H]1C[C@@H]1B1OC(C)(C)C(C)(C)O1. The second-order valence-corrected chi connectivity index (χ2v) is 7.21. The Labute approximate surface area is 132 Å². The highest BCUT2D eigenvalue weighted by Crippen LogP contribution is 2.58. The summed E-state index contributed by atoms with van der Waals surface area (Å²) in [7, 11) is 1.21. The lowest BCUT2D eigenvalue weighted by atomic mass is 9.79. The number of hydrogen-bond donors (Lipinski definition) is 0. The van der Waals surface area contributed by atoms with Gasteiger partial charge in [-0.3, -0.25) is 0 Å². The summed E-state index contributed by atoms with van der Waals surface area (Å²) in [6.07, 6.45) is 0.977. The number of esters is 1. The van der Waals surface area contributed by atoms with Gasteiger partial charge in [-0.15, -0.1) is 0 Å². The van der Waals surface area contributed by atoms with Crippen LogP contribution in [0.2, 0.25) is 5.82 Å². The third kappa shape index (κ3) is 2.46. The Hall–Kier alpha value is -1.33. The minimum Gasteiger partial charge on any atom is -0.465 e. The number of carbonyl (C=O) groups is 1. The van der Waals surface area contributed by atoms with Gasteiger partial charge in [-0.05, 0) is 51.7 Å². The van der Waals surface area contributed by atoms with Gasteiger partial charge in [0.05, 0.1) is 23.9 Å². The molecule has 1 aliphatic carbocycles. The Morgan fingerprint density at radius 3 is 2.36 bits per heavy atom. The molecule has 0 bridgehead atoms. The number of carbonyl (C=O) groups excluding carboxylic acids is 1. The van der Waals surface area contributed by atoms with Crippen LogP contribution in [0.25, 0.3) is 0 Å². The summed E-state index contributed by atoms with van der Waals surface area (Å²) in [5.41, 5.74) is 1.06. The maximum atomic E-state index is 11.9. The van der Waals surface area contributed by atoms with E-state index in [1.54, 1.807) is 0 Å². The molecule has 2 aliphatic rings. The van der Waals surface area contributed by atoms with Crippen molar-refractivity contribution in [2.45, 2.75) is 57.1 Å². The summed E-state index contributed by atoms with van der Waals surface area (Å²) in [5.74, 6) is 0.312. The average Bonchev–Trinajstić information content (AvgIpc) is 3.21. The van der Waals surface area contributed by atoms with Gasteiger partial charge in [0.2, 0.25) is 0 Å². The van der Waals surface area contributed by atoms with Gasteiger partial charge in [-0.2, -0.15) is 0 Å². The smallest absolute Gasteiger partial charge is 0.461 e. The van der Waals surface area contributed by atoms with E-state index in [0.717, 1.165) is 12.0 Å². The van der Waals surface area contributed by atoms with Crippen molar-refractivity contribution in [1.29, 1.82) is 0 Å². The van der Waals surface area contributed by atoms with E-state index in [1.165, 1.54) is 7.11 Å². The molecule has 0 unspecified atom stereocenters. The second-order valence-electron chi connectivity index (χ2n) is 7.21. The van der Waals surface area contributed by atoms with Crippen LogP contribution in [0.3, 0.4) is 0 Å². The van der Waals surface area contributed by atoms with Crippen LogP contribution < -0.4 is 0 Å². The third-order valence-electron chi connectivity index (χ3n) is 5.23. The van der Waals surface area contributed by atoms with Gasteiger partial charge < -0.3 is 14.0 Å². The van der Waals surface area contributed by atoms with Gasteiger partial charge in [-0.1, -0.05) is 18.2 Å². The van der Waals surface area contributed by atoms with E-state index in [1.807, 2.05) is 24.3 Å². The zero-order valence-corrected chi connectivity index (χ0v) is 13.9. The number of methoxy groups -OCH3 is 1. The van der Waals surface area contributed by atoms with Crippen LogP contribution in [0.1, 0.15) is 56.0 Å². The molecule has 1 aromatic carbocycles. The number of rotatable bonds is 3. The van der Waals surface area contributed by atoms with Crippen LogP contribution in [-0.2, 0) is 14.0 Å². The van der Waals surface area contributed by atoms with Crippen molar-refractivity contribution >= 4 is 13.1 Å². The molecule has 1 saturated carbocycles. The molecule has 0 radical (unpaired) electrons. The highest BCUT2D eigenvalue weighted by atomic mass is 16.7. The molecular weight excluding hydrogens is 279 g/mol. The summed E-state index contributed by atoms with van der Waals surface area (Å²) in [4.78, 5) is 11.9. The summed E-state index contributed by atoms with van der Waals surface area (Å²) in [6.45, 7) is 8.25. The number of benzene rings is 1. The molecule has 22 heavy (non-hydrogen) atoms. The maximum absolute atomic E-state index is 11.9. The molecule has 2 atom stereocenters. The molecule has 118 valence electrons. The van der Waals surface area contributed by atoms with Gasteiger partial charge in [0, 0.05) is 5.82 Å². The maximum Gasteiger partial charge on any atom is 0.461 e. The van der Waals surface area contributed by atoms with Crippen LogP contribution >= 0.6 is 0 Å². The first kappa shape index (κ1) is 15.6. The molecule has 0 amide bonds. The minimum atomic E-state index is -0.313. The van der Waals surface area contributed by atoms with Crippen LogP contribution in [0, 0.1) is 0 Å². The Balaban J connectivity index is 1.78. The standard InChI is InChI=1S/C17H23BO4/c1-16(2)17(3,4)22-18(21-16)14-10-13(14)11-8-6-7-9-12(11)15(19)20-5/h6-9,13-14H,10H2,1-5H3/t13-,14+/m1/s1. The molecule has 1 aromatic rings. The average molecular weight is 302 g/mol. The molecule has 1 heterocycles. The van der Waals surface area contributed by atoms with E-state index in [0.29, 0.717) is 17.3 Å². The highest BCUT2D eigenvalue weighted by molar-refractivity contribution is 6.49. The summed E-state index contributed by atoms with van der Waals surface area (Å²) in [6, 6.07) is 7.65. The van der Waals surface area contributed by atoms with Gasteiger partial charge in [0.15, 0.2) is 0 Å². The Morgan fingerprint density at radius 2 is 1.77 bits per heavy atom. The predicted octanol–water partition coefficient (Wildman–Crippen LogP) is 3.42. The molecule has 0 spiro atoms. The van der Waals surface area contributed by atoms with Gasteiger partial charge >= 0.3 is 13.1 Å². The first-order chi connectivity index (χ1) is 10.3. The van der Waals surface area contributed by atoms with Crippen molar-refractivity contribution in [3.8, 4) is 0 Å². The van der Waals surface area contributed by atoms with Crippen LogP contribution in [-0.4, -0.2) is 31.4 Å². The van der Waals surface area contributed by atoms with E-state index >= 15 is 0 Å². The van der Waals surface area contributed by atoms with Gasteiger partial charge in [0.1, 0.15) is 0 Å². The minimum absolute atomic E-state index is 0.208.